The van der Waals surface area contributed by atoms with E-state index in [2.05, 4.69) is 0 Å². The molecule has 2 fully saturated rings. The topological polar surface area (TPSA) is 101 Å². The molecule has 2 aromatic rings. The Labute approximate surface area is 252 Å². The molecule has 3 aliphatic rings. The number of ether oxygens (including phenoxy) is 1. The summed E-state index contributed by atoms with van der Waals surface area (Å²) in [7, 11) is -4.68. The van der Waals surface area contributed by atoms with Crippen LogP contribution in [0.3, 0.4) is 0 Å². The molecule has 3 unspecified atom stereocenters. The largest absolute Gasteiger partial charge is 0.491 e. The fourth-order valence-corrected chi connectivity index (χ4v) is 9.32. The Morgan fingerprint density at radius 2 is 1.60 bits per heavy atom. The van der Waals surface area contributed by atoms with E-state index in [0.717, 1.165) is 24.3 Å². The number of carboxylic acids is 1. The van der Waals surface area contributed by atoms with Crippen molar-refractivity contribution in [3.8, 4) is 5.75 Å². The summed E-state index contributed by atoms with van der Waals surface area (Å²) in [6.07, 6.45) is -12.7. The SMILES string of the molecule is C[C@@H]1CC(C(=O)N2CCC3(S(=O)(=O)c4ccc(F)cc4)c4ccc(C(F)(C(F)(F)F)C(F)(F)F)cc4OCC23)CC[C@H]1C(=O)O. The second-order valence-electron chi connectivity index (χ2n) is 11.8. The molecule has 0 aromatic heterocycles. The van der Waals surface area contributed by atoms with E-state index in [-0.39, 0.29) is 55.8 Å². The van der Waals surface area contributed by atoms with Crippen molar-refractivity contribution in [2.24, 2.45) is 17.8 Å². The number of carbonyl (C=O) groups is 2. The zero-order chi connectivity index (χ0) is 33.3. The zero-order valence-electron chi connectivity index (χ0n) is 23.5. The molecule has 5 rings (SSSR count). The van der Waals surface area contributed by atoms with Crippen LogP contribution in [0.15, 0.2) is 47.4 Å². The Morgan fingerprint density at radius 3 is 2.16 bits per heavy atom. The van der Waals surface area contributed by atoms with Crippen LogP contribution in [-0.2, 0) is 29.8 Å². The van der Waals surface area contributed by atoms with Crippen LogP contribution in [0.4, 0.5) is 35.1 Å². The summed E-state index contributed by atoms with van der Waals surface area (Å²) in [6.45, 7) is 0.787. The van der Waals surface area contributed by atoms with Crippen LogP contribution in [0, 0.1) is 23.6 Å². The van der Waals surface area contributed by atoms with Gasteiger partial charge >= 0.3 is 24.0 Å². The molecule has 1 aliphatic carbocycles. The van der Waals surface area contributed by atoms with E-state index in [4.69, 9.17) is 4.74 Å². The summed E-state index contributed by atoms with van der Waals surface area (Å²) in [5, 5.41) is 9.45. The third kappa shape index (κ3) is 4.94. The lowest BCUT2D eigenvalue weighted by molar-refractivity contribution is -0.348. The van der Waals surface area contributed by atoms with Crippen LogP contribution in [0.1, 0.15) is 43.7 Å². The van der Waals surface area contributed by atoms with Crippen molar-refractivity contribution in [2.75, 3.05) is 13.2 Å². The van der Waals surface area contributed by atoms with Crippen molar-refractivity contribution in [2.45, 2.75) is 66.3 Å². The van der Waals surface area contributed by atoms with E-state index >= 15 is 0 Å². The standard InChI is InChI=1S/C29H27F8NO6S/c1-15-12-16(2-8-20(15)25(40)41)24(39)38-11-10-26(45(42,43)19-6-4-18(30)5-7-19)21-9-3-17(13-22(21)44-14-23(26)38)27(31,28(32,33)34)29(35,36)37/h3-7,9,13,15-16,20,23H,2,8,10-12,14H2,1H3,(H,40,41)/t15-,16?,20-,23?,26?/m1/s1. The second kappa shape index (κ2) is 10.8. The third-order valence-corrected chi connectivity index (χ3v) is 11.9. The average molecular weight is 670 g/mol. The number of rotatable bonds is 5. The molecule has 0 bridgehead atoms. The molecule has 1 N–H and O–H groups in total. The van der Waals surface area contributed by atoms with Crippen molar-refractivity contribution in [3.63, 3.8) is 0 Å². The third-order valence-electron chi connectivity index (χ3n) is 9.37. The van der Waals surface area contributed by atoms with Gasteiger partial charge in [0, 0.05) is 23.6 Å². The number of fused-ring (bicyclic) bond motifs is 3. The molecule has 2 aromatic carbocycles. The van der Waals surface area contributed by atoms with Gasteiger partial charge in [-0.15, -0.1) is 0 Å². The molecule has 45 heavy (non-hydrogen) atoms. The first-order chi connectivity index (χ1) is 20.8. The Hall–Kier alpha value is -3.43. The number of alkyl halides is 7. The van der Waals surface area contributed by atoms with Gasteiger partial charge in [-0.3, -0.25) is 9.59 Å². The predicted octanol–water partition coefficient (Wildman–Crippen LogP) is 5.91. The number of aliphatic carboxylic acids is 1. The van der Waals surface area contributed by atoms with Crippen molar-refractivity contribution < 1.29 is 63.0 Å². The molecule has 2 heterocycles. The quantitative estimate of drug-likeness (QED) is 0.314. The van der Waals surface area contributed by atoms with Crippen LogP contribution in [0.5, 0.6) is 5.75 Å². The number of hydrogen-bond donors (Lipinski definition) is 1. The van der Waals surface area contributed by atoms with Gasteiger partial charge in [0.05, 0.1) is 16.9 Å². The average Bonchev–Trinajstić information content (AvgIpc) is 3.36. The number of nitrogens with zero attached hydrogens (tertiary/aromatic N) is 1. The van der Waals surface area contributed by atoms with Crippen molar-refractivity contribution >= 4 is 21.7 Å². The summed E-state index contributed by atoms with van der Waals surface area (Å²) in [5.41, 5.74) is -8.05. The molecular weight excluding hydrogens is 642 g/mol. The summed E-state index contributed by atoms with van der Waals surface area (Å²) in [5.74, 6) is -4.79. The fraction of sp³-hybridized carbons (Fsp3) is 0.517. The Balaban J connectivity index is 1.62. The molecular formula is C29H27F8NO6S. The first-order valence-corrected chi connectivity index (χ1v) is 15.4. The summed E-state index contributed by atoms with van der Waals surface area (Å²) >= 11 is 0. The summed E-state index contributed by atoms with van der Waals surface area (Å²) < 4.78 is 142. The predicted molar refractivity (Wildman–Crippen MR) is 140 cm³/mol. The number of hydrogen-bond acceptors (Lipinski definition) is 5. The van der Waals surface area contributed by atoms with Gasteiger partial charge in [-0.1, -0.05) is 19.1 Å². The highest BCUT2D eigenvalue weighted by atomic mass is 32.2. The highest BCUT2D eigenvalue weighted by Gasteiger charge is 2.74. The van der Waals surface area contributed by atoms with Crippen molar-refractivity contribution in [1.82, 2.24) is 4.90 Å². The maximum Gasteiger partial charge on any atom is 0.435 e. The number of halogens is 8. The molecule has 0 spiro atoms. The minimum atomic E-state index is -6.43. The first-order valence-electron chi connectivity index (χ1n) is 13.9. The Kier molecular flexibility index (Phi) is 7.93. The van der Waals surface area contributed by atoms with Crippen LogP contribution < -0.4 is 4.74 Å². The smallest absolute Gasteiger partial charge is 0.435 e. The molecule has 16 heteroatoms. The van der Waals surface area contributed by atoms with E-state index in [1.165, 1.54) is 4.90 Å². The summed E-state index contributed by atoms with van der Waals surface area (Å²) in [4.78, 5) is 26.2. The minimum Gasteiger partial charge on any atom is -0.491 e. The normalized spacial score (nSPS) is 27.4. The number of carboxylic acid groups (broad SMARTS) is 1. The van der Waals surface area contributed by atoms with Crippen LogP contribution in [0.25, 0.3) is 0 Å². The van der Waals surface area contributed by atoms with Crippen molar-refractivity contribution in [1.29, 1.82) is 0 Å². The lowest BCUT2D eigenvalue weighted by Gasteiger charge is -2.43. The number of likely N-dealkylation sites (tertiary alicyclic amines) is 1. The molecule has 1 saturated carbocycles. The van der Waals surface area contributed by atoms with Gasteiger partial charge in [-0.05, 0) is 61.9 Å². The maximum absolute atomic E-state index is 14.9. The van der Waals surface area contributed by atoms with Gasteiger partial charge < -0.3 is 14.7 Å². The maximum atomic E-state index is 14.9. The Bertz CT molecular complexity index is 1600. The van der Waals surface area contributed by atoms with Gasteiger partial charge in [0.1, 0.15) is 22.9 Å². The van der Waals surface area contributed by atoms with Crippen molar-refractivity contribution in [3.05, 3.63) is 59.4 Å². The van der Waals surface area contributed by atoms with Gasteiger partial charge in [-0.25, -0.2) is 17.2 Å². The lowest BCUT2D eigenvalue weighted by atomic mass is 9.74. The van der Waals surface area contributed by atoms with E-state index in [9.17, 15) is 58.2 Å². The van der Waals surface area contributed by atoms with Crippen LogP contribution in [0.2, 0.25) is 0 Å². The van der Waals surface area contributed by atoms with E-state index < -0.39 is 91.0 Å². The second-order valence-corrected chi connectivity index (χ2v) is 14.0. The summed E-state index contributed by atoms with van der Waals surface area (Å²) in [6, 6.07) is 3.28. The number of carbonyl (C=O) groups excluding carboxylic acids is 1. The molecule has 2 aliphatic heterocycles. The highest BCUT2D eigenvalue weighted by Crippen LogP contribution is 2.57. The lowest BCUT2D eigenvalue weighted by Crippen LogP contribution is -2.56. The number of amides is 1. The van der Waals surface area contributed by atoms with E-state index in [1.54, 1.807) is 6.92 Å². The first kappa shape index (κ1) is 32.9. The molecule has 246 valence electrons. The van der Waals surface area contributed by atoms with Gasteiger partial charge in [0.2, 0.25) is 5.91 Å². The Morgan fingerprint density at radius 1 is 0.978 bits per heavy atom. The van der Waals surface area contributed by atoms with Crippen LogP contribution >= 0.6 is 0 Å². The van der Waals surface area contributed by atoms with E-state index in [1.807, 2.05) is 0 Å². The van der Waals surface area contributed by atoms with Gasteiger partial charge in [0.25, 0.3) is 0 Å². The molecule has 0 radical (unpaired) electrons. The molecule has 5 atom stereocenters. The monoisotopic (exact) mass is 669 g/mol. The number of benzene rings is 2. The van der Waals surface area contributed by atoms with Gasteiger partial charge in [0.15, 0.2) is 9.84 Å². The molecule has 7 nitrogen and oxygen atoms in total. The zero-order valence-corrected chi connectivity index (χ0v) is 24.3. The highest BCUT2D eigenvalue weighted by molar-refractivity contribution is 7.92. The molecule has 1 saturated heterocycles. The van der Waals surface area contributed by atoms with E-state index in [0.29, 0.717) is 6.07 Å². The minimum absolute atomic E-state index is 0.174. The fourth-order valence-electron chi connectivity index (χ4n) is 7.03. The van der Waals surface area contributed by atoms with Gasteiger partial charge in [-0.2, -0.15) is 26.3 Å². The molecule has 1 amide bonds. The van der Waals surface area contributed by atoms with Crippen LogP contribution in [-0.4, -0.2) is 61.8 Å². The number of sulfone groups is 1.